The van der Waals surface area contributed by atoms with Crippen molar-refractivity contribution in [3.05, 3.63) is 82.2 Å². The van der Waals surface area contributed by atoms with Gasteiger partial charge in [-0.3, -0.25) is 0 Å². The third-order valence-electron chi connectivity index (χ3n) is 3.63. The van der Waals surface area contributed by atoms with Crippen molar-refractivity contribution in [2.45, 2.75) is 0 Å². The Morgan fingerprint density at radius 3 is 2.48 bits per heavy atom. The van der Waals surface area contributed by atoms with Crippen molar-refractivity contribution in [3.63, 3.8) is 0 Å². The second-order valence-electron chi connectivity index (χ2n) is 5.15. The number of hydrogen-bond donors (Lipinski definition) is 0. The zero-order valence-electron chi connectivity index (χ0n) is 12.0. The normalized spacial score (nSPS) is 11.0. The Kier molecular flexibility index (Phi) is 3.28. The van der Waals surface area contributed by atoms with Gasteiger partial charge in [-0.15, -0.1) is 0 Å². The number of para-hydroxylation sites is 1. The number of furan rings is 1. The summed E-state index contributed by atoms with van der Waals surface area (Å²) >= 11 is 6.02. The van der Waals surface area contributed by atoms with Crippen molar-refractivity contribution in [2.24, 2.45) is 0 Å². The summed E-state index contributed by atoms with van der Waals surface area (Å²) in [5, 5.41) is 1.48. The van der Waals surface area contributed by atoms with Gasteiger partial charge in [-0.1, -0.05) is 41.9 Å². The third-order valence-corrected chi connectivity index (χ3v) is 3.87. The molecule has 0 fully saturated rings. The van der Waals surface area contributed by atoms with Crippen LogP contribution in [0.5, 0.6) is 0 Å². The Bertz CT molecular complexity index is 1060. The lowest BCUT2D eigenvalue weighted by molar-refractivity contribution is 0.558. The minimum Gasteiger partial charge on any atom is -0.456 e. The fourth-order valence-electron chi connectivity index (χ4n) is 2.59. The first kappa shape index (κ1) is 13.9. The quantitative estimate of drug-likeness (QED) is 0.466. The molecule has 112 valence electrons. The van der Waals surface area contributed by atoms with Crippen LogP contribution in [0.3, 0.4) is 0 Å². The molecule has 4 heteroatoms. The van der Waals surface area contributed by atoms with E-state index in [9.17, 15) is 4.79 Å². The van der Waals surface area contributed by atoms with Crippen molar-refractivity contribution in [1.29, 1.82) is 0 Å². The van der Waals surface area contributed by atoms with Crippen molar-refractivity contribution in [1.82, 2.24) is 0 Å². The van der Waals surface area contributed by atoms with Gasteiger partial charge in [0.15, 0.2) is 0 Å². The van der Waals surface area contributed by atoms with E-state index in [4.69, 9.17) is 20.4 Å². The Labute approximate surface area is 136 Å². The van der Waals surface area contributed by atoms with E-state index in [-0.39, 0.29) is 0 Å². The summed E-state index contributed by atoms with van der Waals surface area (Å²) in [7, 11) is 0. The maximum atomic E-state index is 11.8. The van der Waals surface area contributed by atoms with Crippen LogP contribution in [0.2, 0.25) is 5.02 Å². The molecule has 0 amide bonds. The minimum atomic E-state index is -0.403. The number of fused-ring (bicyclic) bond motifs is 1. The number of halogens is 1. The number of rotatable bonds is 2. The fraction of sp³-hybridized carbons (Fsp3) is 0. The zero-order chi connectivity index (χ0) is 15.8. The molecular weight excluding hydrogens is 312 g/mol. The molecule has 0 saturated carbocycles. The van der Waals surface area contributed by atoms with E-state index in [0.717, 1.165) is 10.9 Å². The summed E-state index contributed by atoms with van der Waals surface area (Å²) in [5.41, 5.74) is 1.73. The lowest BCUT2D eigenvalue weighted by atomic mass is 10.1. The van der Waals surface area contributed by atoms with Gasteiger partial charge < -0.3 is 8.83 Å². The van der Waals surface area contributed by atoms with Gasteiger partial charge in [0.1, 0.15) is 17.1 Å². The van der Waals surface area contributed by atoms with E-state index in [1.807, 2.05) is 54.6 Å². The van der Waals surface area contributed by atoms with Crippen LogP contribution < -0.4 is 5.63 Å². The van der Waals surface area contributed by atoms with Gasteiger partial charge in [0, 0.05) is 27.6 Å². The highest BCUT2D eigenvalue weighted by Gasteiger charge is 2.12. The smallest absolute Gasteiger partial charge is 0.336 e. The molecule has 2 heterocycles. The standard InChI is InChI=1S/C19H11ClO3/c20-13-5-3-4-12(10-13)16-8-9-18(22-16)15-11-19(21)23-17-7-2-1-6-14(15)17/h1-11H. The highest BCUT2D eigenvalue weighted by Crippen LogP contribution is 2.32. The first-order chi connectivity index (χ1) is 11.2. The molecule has 3 nitrogen and oxygen atoms in total. The predicted octanol–water partition coefficient (Wildman–Crippen LogP) is 5.37. The van der Waals surface area contributed by atoms with Gasteiger partial charge in [-0.2, -0.15) is 0 Å². The van der Waals surface area contributed by atoms with Gasteiger partial charge >= 0.3 is 5.63 Å². The van der Waals surface area contributed by atoms with Crippen LogP contribution in [0, 0.1) is 0 Å². The largest absolute Gasteiger partial charge is 0.456 e. The molecule has 0 saturated heterocycles. The van der Waals surface area contributed by atoms with Crippen LogP contribution in [-0.2, 0) is 0 Å². The number of benzene rings is 2. The molecule has 4 aromatic rings. The monoisotopic (exact) mass is 322 g/mol. The summed E-state index contributed by atoms with van der Waals surface area (Å²) in [6.07, 6.45) is 0. The molecule has 0 spiro atoms. The molecule has 2 aromatic heterocycles. The van der Waals surface area contributed by atoms with Crippen molar-refractivity contribution >= 4 is 22.6 Å². The van der Waals surface area contributed by atoms with Crippen molar-refractivity contribution in [3.8, 4) is 22.6 Å². The first-order valence-electron chi connectivity index (χ1n) is 7.10. The van der Waals surface area contributed by atoms with Gasteiger partial charge in [-0.05, 0) is 30.3 Å². The highest BCUT2D eigenvalue weighted by atomic mass is 35.5. The third kappa shape index (κ3) is 2.56. The Hall–Kier alpha value is -2.78. The zero-order valence-corrected chi connectivity index (χ0v) is 12.7. The predicted molar refractivity (Wildman–Crippen MR) is 90.6 cm³/mol. The summed E-state index contributed by atoms with van der Waals surface area (Å²) in [6, 6.07) is 20.0. The molecule has 0 radical (unpaired) electrons. The van der Waals surface area contributed by atoms with E-state index >= 15 is 0 Å². The maximum absolute atomic E-state index is 11.8. The van der Waals surface area contributed by atoms with Crippen LogP contribution in [0.15, 0.2) is 80.4 Å². The van der Waals surface area contributed by atoms with E-state index < -0.39 is 5.63 Å². The van der Waals surface area contributed by atoms with Gasteiger partial charge in [-0.25, -0.2) is 4.79 Å². The average molecular weight is 323 g/mol. The first-order valence-corrected chi connectivity index (χ1v) is 7.47. The molecule has 2 aromatic carbocycles. The van der Waals surface area contributed by atoms with Crippen LogP contribution in [-0.4, -0.2) is 0 Å². The summed E-state index contributed by atoms with van der Waals surface area (Å²) in [6.45, 7) is 0. The molecule has 4 rings (SSSR count). The summed E-state index contributed by atoms with van der Waals surface area (Å²) in [5.74, 6) is 1.31. The van der Waals surface area contributed by atoms with E-state index in [0.29, 0.717) is 27.7 Å². The molecule has 0 N–H and O–H groups in total. The minimum absolute atomic E-state index is 0.403. The molecule has 23 heavy (non-hydrogen) atoms. The lowest BCUT2D eigenvalue weighted by Gasteiger charge is -2.02. The van der Waals surface area contributed by atoms with Gasteiger partial charge in [0.2, 0.25) is 0 Å². The molecule has 0 aliphatic heterocycles. The van der Waals surface area contributed by atoms with Gasteiger partial charge in [0.25, 0.3) is 0 Å². The lowest BCUT2D eigenvalue weighted by Crippen LogP contribution is -1.97. The molecule has 0 atom stereocenters. The van der Waals surface area contributed by atoms with Crippen molar-refractivity contribution in [2.75, 3.05) is 0 Å². The second kappa shape index (κ2) is 5.45. The van der Waals surface area contributed by atoms with E-state index in [1.54, 1.807) is 6.07 Å². The molecule has 0 aliphatic rings. The van der Waals surface area contributed by atoms with Gasteiger partial charge in [0.05, 0.1) is 0 Å². The Morgan fingerprint density at radius 2 is 1.61 bits per heavy atom. The van der Waals surface area contributed by atoms with Crippen LogP contribution in [0.1, 0.15) is 0 Å². The van der Waals surface area contributed by atoms with Crippen LogP contribution in [0.4, 0.5) is 0 Å². The maximum Gasteiger partial charge on any atom is 0.336 e. The van der Waals surface area contributed by atoms with Crippen molar-refractivity contribution < 1.29 is 8.83 Å². The van der Waals surface area contributed by atoms with E-state index in [1.165, 1.54) is 6.07 Å². The molecule has 0 bridgehead atoms. The van der Waals surface area contributed by atoms with Crippen LogP contribution >= 0.6 is 11.6 Å². The SMILES string of the molecule is O=c1cc(-c2ccc(-c3cccc(Cl)c3)o2)c2ccccc2o1. The highest BCUT2D eigenvalue weighted by molar-refractivity contribution is 6.30. The molecule has 0 unspecified atom stereocenters. The Balaban J connectivity index is 1.88. The molecule has 0 aliphatic carbocycles. The summed E-state index contributed by atoms with van der Waals surface area (Å²) < 4.78 is 11.2. The van der Waals surface area contributed by atoms with Crippen LogP contribution in [0.25, 0.3) is 33.6 Å². The van der Waals surface area contributed by atoms with E-state index in [2.05, 4.69) is 0 Å². The number of hydrogen-bond acceptors (Lipinski definition) is 3. The fourth-order valence-corrected chi connectivity index (χ4v) is 2.79. The second-order valence-corrected chi connectivity index (χ2v) is 5.59. The Morgan fingerprint density at radius 1 is 0.783 bits per heavy atom. The average Bonchev–Trinajstić information content (AvgIpc) is 3.04. The molecular formula is C19H11ClO3. The topological polar surface area (TPSA) is 43.4 Å². The summed E-state index contributed by atoms with van der Waals surface area (Å²) in [4.78, 5) is 11.8.